The molecule has 0 aliphatic rings. The minimum absolute atomic E-state index is 0.0411. The number of hydrogen-bond acceptors (Lipinski definition) is 6. The largest absolute Gasteiger partial charge is 0.494 e. The number of hydrogen-bond donors (Lipinski definition) is 1. The van der Waals surface area contributed by atoms with Gasteiger partial charge in [-0.3, -0.25) is 4.79 Å². The maximum absolute atomic E-state index is 12.3. The Hall–Kier alpha value is -2.91. The summed E-state index contributed by atoms with van der Waals surface area (Å²) in [5.74, 6) is -0.606. The van der Waals surface area contributed by atoms with Crippen LogP contribution < -0.4 is 10.1 Å². The number of rotatable bonds is 8. The molecule has 0 aromatic heterocycles. The van der Waals surface area contributed by atoms with Crippen molar-refractivity contribution in [3.05, 3.63) is 54.1 Å². The highest BCUT2D eigenvalue weighted by molar-refractivity contribution is 7.89. The van der Waals surface area contributed by atoms with Gasteiger partial charge in [0.15, 0.2) is 6.10 Å². The Balaban J connectivity index is 2.03. The molecular formula is C20H24N2O6S. The number of ether oxygens (including phenoxy) is 2. The lowest BCUT2D eigenvalue weighted by atomic mass is 10.2. The molecule has 1 N–H and O–H groups in total. The van der Waals surface area contributed by atoms with Crippen LogP contribution in [-0.2, 0) is 19.6 Å². The molecule has 1 atom stereocenters. The molecule has 0 spiro atoms. The maximum atomic E-state index is 12.3. The van der Waals surface area contributed by atoms with Crippen molar-refractivity contribution in [2.75, 3.05) is 26.0 Å². The van der Waals surface area contributed by atoms with E-state index in [0.29, 0.717) is 12.4 Å². The van der Waals surface area contributed by atoms with Crippen molar-refractivity contribution in [3.8, 4) is 5.75 Å². The summed E-state index contributed by atoms with van der Waals surface area (Å²) >= 11 is 0. The summed E-state index contributed by atoms with van der Waals surface area (Å²) in [4.78, 5) is 24.6. The molecule has 0 aliphatic carbocycles. The van der Waals surface area contributed by atoms with Gasteiger partial charge < -0.3 is 14.8 Å². The number of nitrogens with one attached hydrogen (secondary N) is 1. The quantitative estimate of drug-likeness (QED) is 0.659. The van der Waals surface area contributed by atoms with Crippen LogP contribution in [0.1, 0.15) is 24.2 Å². The summed E-state index contributed by atoms with van der Waals surface area (Å²) in [6, 6.07) is 12.2. The molecule has 1 amide bonds. The van der Waals surface area contributed by atoms with Crippen molar-refractivity contribution in [1.29, 1.82) is 0 Å². The molecule has 29 heavy (non-hydrogen) atoms. The standard InChI is InChI=1S/C20H24N2O6S/c1-5-27-17-11-9-15(10-12-17)20(24)28-14(2)19(23)21-16-7-6-8-18(13-16)29(25,26)22(3)4/h6-14H,5H2,1-4H3,(H,21,23)/t14-/m0/s1. The van der Waals surface area contributed by atoms with Gasteiger partial charge >= 0.3 is 5.97 Å². The van der Waals surface area contributed by atoms with Crippen LogP contribution in [0.2, 0.25) is 0 Å². The van der Waals surface area contributed by atoms with Gasteiger partial charge in [-0.25, -0.2) is 17.5 Å². The Bertz CT molecular complexity index is 971. The lowest BCUT2D eigenvalue weighted by molar-refractivity contribution is -0.123. The Kier molecular flexibility index (Phi) is 7.35. The molecule has 2 rings (SSSR count). The van der Waals surface area contributed by atoms with Crippen molar-refractivity contribution in [2.24, 2.45) is 0 Å². The van der Waals surface area contributed by atoms with Gasteiger partial charge in [0.05, 0.1) is 17.1 Å². The van der Waals surface area contributed by atoms with Crippen LogP contribution in [0, 0.1) is 0 Å². The molecule has 2 aromatic rings. The van der Waals surface area contributed by atoms with Crippen molar-refractivity contribution in [2.45, 2.75) is 24.8 Å². The molecule has 0 bridgehead atoms. The topological polar surface area (TPSA) is 102 Å². The first-order valence-corrected chi connectivity index (χ1v) is 10.4. The second-order valence-electron chi connectivity index (χ2n) is 6.31. The molecule has 0 aliphatic heterocycles. The minimum Gasteiger partial charge on any atom is -0.494 e. The highest BCUT2D eigenvalue weighted by atomic mass is 32.2. The molecule has 0 unspecified atom stereocenters. The third kappa shape index (κ3) is 5.78. The number of carbonyl (C=O) groups excluding carboxylic acids is 2. The molecule has 0 heterocycles. The number of nitrogens with zero attached hydrogens (tertiary/aromatic N) is 1. The van der Waals surface area contributed by atoms with Crippen LogP contribution >= 0.6 is 0 Å². The first-order chi connectivity index (χ1) is 13.6. The first kappa shape index (κ1) is 22.4. The summed E-state index contributed by atoms with van der Waals surface area (Å²) in [6.07, 6.45) is -1.08. The normalized spacial score (nSPS) is 12.3. The molecule has 0 saturated heterocycles. The maximum Gasteiger partial charge on any atom is 0.338 e. The lowest BCUT2D eigenvalue weighted by Crippen LogP contribution is -2.30. The number of esters is 1. The number of benzene rings is 2. The van der Waals surface area contributed by atoms with E-state index < -0.39 is 28.0 Å². The molecule has 2 aromatic carbocycles. The highest BCUT2D eigenvalue weighted by Gasteiger charge is 2.21. The zero-order valence-electron chi connectivity index (χ0n) is 16.7. The van der Waals surface area contributed by atoms with Crippen LogP contribution in [0.25, 0.3) is 0 Å². The summed E-state index contributed by atoms with van der Waals surface area (Å²) in [7, 11) is -0.792. The Morgan fingerprint density at radius 2 is 1.76 bits per heavy atom. The van der Waals surface area contributed by atoms with E-state index in [9.17, 15) is 18.0 Å². The fourth-order valence-electron chi connectivity index (χ4n) is 2.33. The van der Waals surface area contributed by atoms with E-state index in [4.69, 9.17) is 9.47 Å². The second-order valence-corrected chi connectivity index (χ2v) is 8.46. The Morgan fingerprint density at radius 1 is 1.10 bits per heavy atom. The lowest BCUT2D eigenvalue weighted by Gasteiger charge is -2.15. The van der Waals surface area contributed by atoms with Crippen molar-refractivity contribution < 1.29 is 27.5 Å². The number of anilines is 1. The van der Waals surface area contributed by atoms with E-state index in [2.05, 4.69) is 5.32 Å². The second kappa shape index (κ2) is 9.53. The van der Waals surface area contributed by atoms with Gasteiger partial charge in [0.25, 0.3) is 5.91 Å². The predicted molar refractivity (Wildman–Crippen MR) is 108 cm³/mol. The molecule has 156 valence electrons. The van der Waals surface area contributed by atoms with E-state index in [1.165, 1.54) is 39.2 Å². The van der Waals surface area contributed by atoms with Crippen molar-refractivity contribution in [1.82, 2.24) is 4.31 Å². The van der Waals surface area contributed by atoms with E-state index in [-0.39, 0.29) is 16.1 Å². The number of carbonyl (C=O) groups is 2. The first-order valence-electron chi connectivity index (χ1n) is 8.92. The van der Waals surface area contributed by atoms with Gasteiger partial charge in [-0.05, 0) is 56.3 Å². The van der Waals surface area contributed by atoms with Crippen LogP contribution in [0.4, 0.5) is 5.69 Å². The van der Waals surface area contributed by atoms with Gasteiger partial charge in [0.2, 0.25) is 10.0 Å². The minimum atomic E-state index is -3.63. The highest BCUT2D eigenvalue weighted by Crippen LogP contribution is 2.19. The molecule has 0 radical (unpaired) electrons. The average molecular weight is 420 g/mol. The smallest absolute Gasteiger partial charge is 0.338 e. The van der Waals surface area contributed by atoms with Crippen molar-refractivity contribution in [3.63, 3.8) is 0 Å². The van der Waals surface area contributed by atoms with Gasteiger partial charge in [-0.1, -0.05) is 6.07 Å². The Morgan fingerprint density at radius 3 is 2.34 bits per heavy atom. The average Bonchev–Trinajstić information content (AvgIpc) is 2.68. The third-order valence-corrected chi connectivity index (χ3v) is 5.75. The number of sulfonamides is 1. The van der Waals surface area contributed by atoms with Crippen LogP contribution in [0.5, 0.6) is 5.75 Å². The zero-order valence-corrected chi connectivity index (χ0v) is 17.5. The Labute approximate surface area is 170 Å². The molecule has 8 nitrogen and oxygen atoms in total. The molecule has 9 heteroatoms. The van der Waals surface area contributed by atoms with E-state index in [0.717, 1.165) is 4.31 Å². The summed E-state index contributed by atoms with van der Waals surface area (Å²) in [6.45, 7) is 3.80. The van der Waals surface area contributed by atoms with Gasteiger partial charge in [-0.15, -0.1) is 0 Å². The van der Waals surface area contributed by atoms with E-state index in [1.807, 2.05) is 6.92 Å². The van der Waals surface area contributed by atoms with Crippen molar-refractivity contribution >= 4 is 27.6 Å². The van der Waals surface area contributed by atoms with Gasteiger partial charge in [0, 0.05) is 19.8 Å². The summed E-state index contributed by atoms with van der Waals surface area (Å²) < 4.78 is 36.0. The monoisotopic (exact) mass is 420 g/mol. The van der Waals surface area contributed by atoms with Gasteiger partial charge in [-0.2, -0.15) is 0 Å². The van der Waals surface area contributed by atoms with Crippen LogP contribution in [-0.4, -0.2) is 51.4 Å². The fraction of sp³-hybridized carbons (Fsp3) is 0.300. The zero-order chi connectivity index (χ0) is 21.6. The molecule has 0 fully saturated rings. The van der Waals surface area contributed by atoms with E-state index >= 15 is 0 Å². The summed E-state index contributed by atoms with van der Waals surface area (Å²) in [5.41, 5.74) is 0.564. The van der Waals surface area contributed by atoms with Crippen LogP contribution in [0.3, 0.4) is 0 Å². The molecular weight excluding hydrogens is 396 g/mol. The molecule has 0 saturated carbocycles. The predicted octanol–water partition coefficient (Wildman–Crippen LogP) is 2.52. The third-order valence-electron chi connectivity index (χ3n) is 3.93. The van der Waals surface area contributed by atoms with Gasteiger partial charge in [0.1, 0.15) is 5.75 Å². The van der Waals surface area contributed by atoms with Crippen LogP contribution in [0.15, 0.2) is 53.4 Å². The fourth-order valence-corrected chi connectivity index (χ4v) is 3.27. The SMILES string of the molecule is CCOc1ccc(C(=O)O[C@@H](C)C(=O)Nc2cccc(S(=O)(=O)N(C)C)c2)cc1. The number of amides is 1. The summed E-state index contributed by atoms with van der Waals surface area (Å²) in [5, 5.41) is 2.56. The van der Waals surface area contributed by atoms with E-state index in [1.54, 1.807) is 30.3 Å².